The van der Waals surface area contributed by atoms with Crippen LogP contribution in [0.2, 0.25) is 0 Å². The average molecular weight is 311 g/mol. The number of nitrogens with one attached hydrogen (secondary N) is 1. The van der Waals surface area contributed by atoms with Gasteiger partial charge in [0, 0.05) is 12.6 Å². The van der Waals surface area contributed by atoms with Gasteiger partial charge in [-0.05, 0) is 43.4 Å². The number of aliphatic hydroxyl groups excluding tert-OH is 1. The summed E-state index contributed by atoms with van der Waals surface area (Å²) in [4.78, 5) is 11.7. The molecule has 1 aromatic rings. The Bertz CT molecular complexity index is 539. The van der Waals surface area contributed by atoms with E-state index in [1.165, 1.54) is 24.3 Å². The van der Waals surface area contributed by atoms with Crippen molar-refractivity contribution in [1.29, 1.82) is 0 Å². The van der Waals surface area contributed by atoms with Crippen LogP contribution in [0, 0.1) is 5.92 Å². The maximum Gasteiger partial charge on any atom is 0.387 e. The Hall–Kier alpha value is -1.95. The van der Waals surface area contributed by atoms with Crippen LogP contribution in [0.25, 0.3) is 0 Å². The van der Waals surface area contributed by atoms with E-state index in [0.717, 1.165) is 18.4 Å². The Morgan fingerprint density at radius 1 is 1.41 bits per heavy atom. The smallest absolute Gasteiger partial charge is 0.387 e. The van der Waals surface area contributed by atoms with Crippen molar-refractivity contribution in [3.63, 3.8) is 0 Å². The lowest BCUT2D eigenvalue weighted by Gasteiger charge is -2.12. The molecule has 1 unspecified atom stereocenters. The number of allylic oxidation sites excluding steroid dienone is 1. The van der Waals surface area contributed by atoms with Crippen LogP contribution in [-0.2, 0) is 4.79 Å². The summed E-state index contributed by atoms with van der Waals surface area (Å²) in [5.41, 5.74) is 1.57. The lowest BCUT2D eigenvalue weighted by atomic mass is 10.1. The molecule has 0 radical (unpaired) electrons. The number of aliphatic hydroxyl groups is 1. The number of rotatable bonds is 7. The summed E-state index contributed by atoms with van der Waals surface area (Å²) in [7, 11) is 0. The molecule has 0 aliphatic heterocycles. The van der Waals surface area contributed by atoms with E-state index in [1.807, 2.05) is 6.92 Å². The minimum absolute atomic E-state index is 0.0259. The van der Waals surface area contributed by atoms with E-state index in [0.29, 0.717) is 11.5 Å². The van der Waals surface area contributed by atoms with E-state index in [9.17, 15) is 18.7 Å². The lowest BCUT2D eigenvalue weighted by molar-refractivity contribution is -0.117. The Labute approximate surface area is 127 Å². The zero-order chi connectivity index (χ0) is 16.1. The molecule has 1 aliphatic rings. The fourth-order valence-electron chi connectivity index (χ4n) is 2.10. The maximum absolute atomic E-state index is 12.0. The SMILES string of the molecule is C/C(=C/C(=O)NCC(O)c1ccc(OC(F)F)cc1)C1CC1. The van der Waals surface area contributed by atoms with Crippen molar-refractivity contribution in [2.45, 2.75) is 32.5 Å². The van der Waals surface area contributed by atoms with Crippen molar-refractivity contribution in [1.82, 2.24) is 5.32 Å². The van der Waals surface area contributed by atoms with E-state index < -0.39 is 12.7 Å². The second-order valence-corrected chi connectivity index (χ2v) is 5.37. The molecule has 1 atom stereocenters. The topological polar surface area (TPSA) is 58.6 Å². The van der Waals surface area contributed by atoms with Crippen molar-refractivity contribution >= 4 is 5.91 Å². The highest BCUT2D eigenvalue weighted by atomic mass is 19.3. The van der Waals surface area contributed by atoms with Gasteiger partial charge in [-0.25, -0.2) is 0 Å². The number of ether oxygens (including phenoxy) is 1. The number of carbonyl (C=O) groups is 1. The molecule has 1 aromatic carbocycles. The molecule has 4 nitrogen and oxygen atoms in total. The Morgan fingerprint density at radius 3 is 2.59 bits per heavy atom. The summed E-state index contributed by atoms with van der Waals surface area (Å²) in [6.45, 7) is -0.894. The lowest BCUT2D eigenvalue weighted by Crippen LogP contribution is -2.27. The first kappa shape index (κ1) is 16.4. The van der Waals surface area contributed by atoms with Gasteiger partial charge < -0.3 is 15.2 Å². The molecule has 120 valence electrons. The van der Waals surface area contributed by atoms with Crippen LogP contribution < -0.4 is 10.1 Å². The minimum atomic E-state index is -2.88. The number of carbonyl (C=O) groups excluding carboxylic acids is 1. The van der Waals surface area contributed by atoms with Gasteiger partial charge in [-0.3, -0.25) is 4.79 Å². The number of hydrogen-bond acceptors (Lipinski definition) is 3. The second kappa shape index (κ2) is 7.35. The van der Waals surface area contributed by atoms with E-state index in [4.69, 9.17) is 0 Å². The molecule has 22 heavy (non-hydrogen) atoms. The van der Waals surface area contributed by atoms with Gasteiger partial charge in [0.25, 0.3) is 0 Å². The fraction of sp³-hybridized carbons (Fsp3) is 0.438. The van der Waals surface area contributed by atoms with Crippen LogP contribution in [0.1, 0.15) is 31.4 Å². The number of benzene rings is 1. The first-order valence-corrected chi connectivity index (χ1v) is 7.14. The molecule has 0 aromatic heterocycles. The van der Waals surface area contributed by atoms with Gasteiger partial charge in [-0.15, -0.1) is 0 Å². The van der Waals surface area contributed by atoms with Crippen LogP contribution in [0.5, 0.6) is 5.75 Å². The van der Waals surface area contributed by atoms with Crippen molar-refractivity contribution in [3.05, 3.63) is 41.5 Å². The number of hydrogen-bond donors (Lipinski definition) is 2. The van der Waals surface area contributed by atoms with Crippen LogP contribution in [0.15, 0.2) is 35.9 Å². The highest BCUT2D eigenvalue weighted by Gasteiger charge is 2.23. The van der Waals surface area contributed by atoms with Gasteiger partial charge in [-0.2, -0.15) is 8.78 Å². The molecule has 1 fully saturated rings. The highest BCUT2D eigenvalue weighted by Crippen LogP contribution is 2.35. The van der Waals surface area contributed by atoms with Crippen molar-refractivity contribution in [2.24, 2.45) is 5.92 Å². The predicted molar refractivity (Wildman–Crippen MR) is 77.5 cm³/mol. The third-order valence-electron chi connectivity index (χ3n) is 3.54. The van der Waals surface area contributed by atoms with Gasteiger partial charge >= 0.3 is 6.61 Å². The Morgan fingerprint density at radius 2 is 2.05 bits per heavy atom. The molecule has 0 saturated heterocycles. The zero-order valence-electron chi connectivity index (χ0n) is 12.3. The molecular formula is C16H19F2NO3. The molecule has 1 amide bonds. The van der Waals surface area contributed by atoms with Crippen molar-refractivity contribution < 1.29 is 23.4 Å². The van der Waals surface area contributed by atoms with Crippen molar-refractivity contribution in [2.75, 3.05) is 6.54 Å². The molecule has 0 spiro atoms. The predicted octanol–water partition coefficient (Wildman–Crippen LogP) is 2.79. The Kier molecular flexibility index (Phi) is 5.49. The standard InChI is InChI=1S/C16H19F2NO3/c1-10(11-2-3-11)8-15(21)19-9-14(20)12-4-6-13(7-5-12)22-16(17)18/h4-8,11,14,16,20H,2-3,9H2,1H3,(H,19,21)/b10-8-. The fourth-order valence-corrected chi connectivity index (χ4v) is 2.10. The summed E-state index contributed by atoms with van der Waals surface area (Å²) >= 11 is 0. The monoisotopic (exact) mass is 311 g/mol. The van der Waals surface area contributed by atoms with Crippen LogP contribution in [0.4, 0.5) is 8.78 Å². The largest absolute Gasteiger partial charge is 0.435 e. The molecular weight excluding hydrogens is 292 g/mol. The van der Waals surface area contributed by atoms with Gasteiger partial charge in [0.05, 0.1) is 6.10 Å². The summed E-state index contributed by atoms with van der Waals surface area (Å²) in [5.74, 6) is 0.317. The van der Waals surface area contributed by atoms with E-state index >= 15 is 0 Å². The minimum Gasteiger partial charge on any atom is -0.435 e. The van der Waals surface area contributed by atoms with Crippen molar-refractivity contribution in [3.8, 4) is 5.75 Å². The number of amides is 1. The second-order valence-electron chi connectivity index (χ2n) is 5.37. The van der Waals surface area contributed by atoms with Crippen LogP contribution in [-0.4, -0.2) is 24.2 Å². The number of alkyl halides is 2. The summed E-state index contributed by atoms with van der Waals surface area (Å²) < 4.78 is 28.3. The Balaban J connectivity index is 1.82. The summed E-state index contributed by atoms with van der Waals surface area (Å²) in [6, 6.07) is 5.67. The number of halogens is 2. The molecule has 0 heterocycles. The summed E-state index contributed by atoms with van der Waals surface area (Å²) in [5, 5.41) is 12.6. The van der Waals surface area contributed by atoms with Crippen LogP contribution in [0.3, 0.4) is 0 Å². The van der Waals surface area contributed by atoms with Gasteiger partial charge in [0.2, 0.25) is 5.91 Å². The molecule has 2 N–H and O–H groups in total. The third-order valence-corrected chi connectivity index (χ3v) is 3.54. The molecule has 1 aliphatic carbocycles. The highest BCUT2D eigenvalue weighted by molar-refractivity contribution is 5.88. The van der Waals surface area contributed by atoms with E-state index in [-0.39, 0.29) is 18.2 Å². The third kappa shape index (κ3) is 5.11. The average Bonchev–Trinajstić information content (AvgIpc) is 3.29. The summed E-state index contributed by atoms with van der Waals surface area (Å²) in [6.07, 6.45) is 2.92. The molecule has 2 rings (SSSR count). The maximum atomic E-state index is 12.0. The normalized spacial score (nSPS) is 16.5. The first-order chi connectivity index (χ1) is 10.5. The van der Waals surface area contributed by atoms with Gasteiger partial charge in [0.15, 0.2) is 0 Å². The van der Waals surface area contributed by atoms with E-state index in [2.05, 4.69) is 10.1 Å². The quantitative estimate of drug-likeness (QED) is 0.761. The zero-order valence-corrected chi connectivity index (χ0v) is 12.3. The molecule has 6 heteroatoms. The van der Waals surface area contributed by atoms with E-state index in [1.54, 1.807) is 6.08 Å². The van der Waals surface area contributed by atoms with Gasteiger partial charge in [-0.1, -0.05) is 17.7 Å². The van der Waals surface area contributed by atoms with Gasteiger partial charge in [0.1, 0.15) is 5.75 Å². The first-order valence-electron chi connectivity index (χ1n) is 7.14. The van der Waals surface area contributed by atoms with Crippen LogP contribution >= 0.6 is 0 Å². The molecule has 0 bridgehead atoms. The molecule has 1 saturated carbocycles.